The largest absolute Gasteiger partial charge is 0.336 e. The molecule has 1 aromatic heterocycles. The van der Waals surface area contributed by atoms with Crippen molar-refractivity contribution in [1.82, 2.24) is 9.47 Å². The van der Waals surface area contributed by atoms with Crippen LogP contribution in [0.4, 0.5) is 4.39 Å². The summed E-state index contributed by atoms with van der Waals surface area (Å²) in [6, 6.07) is 25.9. The fourth-order valence-corrected chi connectivity index (χ4v) is 4.10. The Morgan fingerprint density at radius 1 is 0.833 bits per heavy atom. The van der Waals surface area contributed by atoms with Gasteiger partial charge >= 0.3 is 0 Å². The number of nitrogens with zero attached hydrogens (tertiary/aromatic N) is 2. The standard InChI is InChI=1S/C30H27FN2O3/c1-22-12-17-27(34)33(20-22)28(29(35)25-13-15-26(31)16-14-25)30(36)32(21-24-10-6-3-7-11-24)19-18-23-8-4-2-5-9-23/h2-17,20,28H,18-19,21H2,1H3/t28-/m1/s1. The van der Waals surface area contributed by atoms with Gasteiger partial charge in [-0.05, 0) is 54.3 Å². The number of carbonyl (C=O) groups excluding carboxylic acids is 2. The van der Waals surface area contributed by atoms with Gasteiger partial charge in [0.2, 0.25) is 0 Å². The molecule has 0 aliphatic rings. The molecule has 0 unspecified atom stereocenters. The Morgan fingerprint density at radius 2 is 1.44 bits per heavy atom. The molecule has 0 fully saturated rings. The second-order valence-corrected chi connectivity index (χ2v) is 8.71. The molecule has 0 radical (unpaired) electrons. The van der Waals surface area contributed by atoms with Crippen molar-refractivity contribution in [3.63, 3.8) is 0 Å². The fourth-order valence-electron chi connectivity index (χ4n) is 4.10. The van der Waals surface area contributed by atoms with E-state index in [0.29, 0.717) is 13.0 Å². The molecule has 4 aromatic rings. The number of pyridine rings is 1. The van der Waals surface area contributed by atoms with Gasteiger partial charge in [-0.1, -0.05) is 66.7 Å². The highest BCUT2D eigenvalue weighted by Gasteiger charge is 2.34. The maximum Gasteiger partial charge on any atom is 0.254 e. The summed E-state index contributed by atoms with van der Waals surface area (Å²) in [5.74, 6) is -1.54. The van der Waals surface area contributed by atoms with Gasteiger partial charge < -0.3 is 4.90 Å². The molecule has 4 rings (SSSR count). The first kappa shape index (κ1) is 24.8. The Kier molecular flexibility index (Phi) is 7.85. The first-order valence-electron chi connectivity index (χ1n) is 11.8. The molecule has 6 heteroatoms. The number of aromatic nitrogens is 1. The Labute approximate surface area is 209 Å². The van der Waals surface area contributed by atoms with Crippen LogP contribution < -0.4 is 5.56 Å². The molecule has 0 saturated carbocycles. The molecule has 3 aromatic carbocycles. The van der Waals surface area contributed by atoms with Crippen molar-refractivity contribution in [1.29, 1.82) is 0 Å². The molecule has 0 aliphatic carbocycles. The van der Waals surface area contributed by atoms with Gasteiger partial charge in [0.1, 0.15) is 5.82 Å². The van der Waals surface area contributed by atoms with Crippen molar-refractivity contribution in [2.75, 3.05) is 6.54 Å². The van der Waals surface area contributed by atoms with Crippen LogP contribution in [0.2, 0.25) is 0 Å². The van der Waals surface area contributed by atoms with Gasteiger partial charge in [-0.15, -0.1) is 0 Å². The van der Waals surface area contributed by atoms with Gasteiger partial charge in [0.25, 0.3) is 11.5 Å². The fraction of sp³-hybridized carbons (Fsp3) is 0.167. The summed E-state index contributed by atoms with van der Waals surface area (Å²) < 4.78 is 14.7. The zero-order valence-electron chi connectivity index (χ0n) is 20.0. The van der Waals surface area contributed by atoms with Gasteiger partial charge in [0, 0.05) is 30.9 Å². The predicted octanol–water partition coefficient (Wildman–Crippen LogP) is 4.99. The van der Waals surface area contributed by atoms with Crippen LogP contribution in [-0.4, -0.2) is 27.7 Å². The second-order valence-electron chi connectivity index (χ2n) is 8.71. The summed E-state index contributed by atoms with van der Waals surface area (Å²) >= 11 is 0. The number of aryl methyl sites for hydroxylation is 1. The lowest BCUT2D eigenvalue weighted by molar-refractivity contribution is -0.134. The summed E-state index contributed by atoms with van der Waals surface area (Å²) in [5, 5.41) is 0. The van der Waals surface area contributed by atoms with E-state index < -0.39 is 29.1 Å². The molecule has 0 spiro atoms. The number of hydrogen-bond acceptors (Lipinski definition) is 3. The number of ketones is 1. The van der Waals surface area contributed by atoms with Crippen LogP contribution in [0.25, 0.3) is 0 Å². The first-order chi connectivity index (χ1) is 17.4. The Morgan fingerprint density at radius 3 is 2.08 bits per heavy atom. The van der Waals surface area contributed by atoms with Crippen LogP contribution in [0.1, 0.15) is 33.1 Å². The monoisotopic (exact) mass is 482 g/mol. The second kappa shape index (κ2) is 11.4. The van der Waals surface area contributed by atoms with Gasteiger partial charge in [-0.25, -0.2) is 4.39 Å². The molecule has 5 nitrogen and oxygen atoms in total. The smallest absolute Gasteiger partial charge is 0.254 e. The van der Waals surface area contributed by atoms with E-state index in [1.165, 1.54) is 41.1 Å². The molecule has 0 saturated heterocycles. The van der Waals surface area contributed by atoms with Crippen molar-refractivity contribution in [2.45, 2.75) is 25.9 Å². The zero-order valence-corrected chi connectivity index (χ0v) is 20.0. The molecule has 0 N–H and O–H groups in total. The van der Waals surface area contributed by atoms with E-state index in [9.17, 15) is 18.8 Å². The maximum atomic E-state index is 14.1. The van der Waals surface area contributed by atoms with Crippen LogP contribution >= 0.6 is 0 Å². The van der Waals surface area contributed by atoms with Gasteiger partial charge in [-0.3, -0.25) is 19.0 Å². The highest BCUT2D eigenvalue weighted by molar-refractivity contribution is 6.11. The molecule has 1 atom stereocenters. The SMILES string of the molecule is Cc1ccc(=O)n([C@H](C(=O)c2ccc(F)cc2)C(=O)N(CCc2ccccc2)Cc2ccccc2)c1. The third-order valence-electron chi connectivity index (χ3n) is 6.02. The summed E-state index contributed by atoms with van der Waals surface area (Å²) in [5.41, 5.74) is 2.39. The van der Waals surface area contributed by atoms with Crippen molar-refractivity contribution < 1.29 is 14.0 Å². The van der Waals surface area contributed by atoms with E-state index in [1.54, 1.807) is 17.9 Å². The minimum absolute atomic E-state index is 0.158. The topological polar surface area (TPSA) is 59.4 Å². The quantitative estimate of drug-likeness (QED) is 0.249. The number of amides is 1. The Bertz CT molecular complexity index is 1380. The average Bonchev–Trinajstić information content (AvgIpc) is 2.90. The van der Waals surface area contributed by atoms with E-state index >= 15 is 0 Å². The highest BCUT2D eigenvalue weighted by atomic mass is 19.1. The van der Waals surface area contributed by atoms with Gasteiger partial charge in [0.05, 0.1) is 0 Å². The summed E-state index contributed by atoms with van der Waals surface area (Å²) in [6.45, 7) is 2.42. The minimum atomic E-state index is -1.41. The normalized spacial score (nSPS) is 11.6. The van der Waals surface area contributed by atoms with Gasteiger partial charge in [0.15, 0.2) is 11.8 Å². The van der Waals surface area contributed by atoms with Crippen LogP contribution in [0.5, 0.6) is 0 Å². The molecule has 0 aliphatic heterocycles. The lowest BCUT2D eigenvalue weighted by atomic mass is 10.0. The molecule has 0 bridgehead atoms. The number of halogens is 1. The average molecular weight is 483 g/mol. The van der Waals surface area contributed by atoms with E-state index in [2.05, 4.69) is 0 Å². The van der Waals surface area contributed by atoms with Crippen LogP contribution in [0.3, 0.4) is 0 Å². The number of benzene rings is 3. The molecule has 1 amide bonds. The van der Waals surface area contributed by atoms with E-state index in [-0.39, 0.29) is 12.1 Å². The summed E-state index contributed by atoms with van der Waals surface area (Å²) in [4.78, 5) is 42.2. The van der Waals surface area contributed by atoms with Crippen LogP contribution in [0.15, 0.2) is 108 Å². The van der Waals surface area contributed by atoms with Crippen molar-refractivity contribution in [2.24, 2.45) is 0 Å². The lowest BCUT2D eigenvalue weighted by Crippen LogP contribution is -2.44. The lowest BCUT2D eigenvalue weighted by Gasteiger charge is -2.28. The summed E-state index contributed by atoms with van der Waals surface area (Å²) in [6.07, 6.45) is 2.10. The molecule has 182 valence electrons. The summed E-state index contributed by atoms with van der Waals surface area (Å²) in [7, 11) is 0. The molecule has 1 heterocycles. The Balaban J connectivity index is 1.74. The van der Waals surface area contributed by atoms with Crippen LogP contribution in [0, 0.1) is 12.7 Å². The van der Waals surface area contributed by atoms with Gasteiger partial charge in [-0.2, -0.15) is 0 Å². The number of Topliss-reactive ketones (excluding diaryl/α,β-unsaturated/α-hetero) is 1. The predicted molar refractivity (Wildman–Crippen MR) is 137 cm³/mol. The van der Waals surface area contributed by atoms with E-state index in [1.807, 2.05) is 60.7 Å². The number of rotatable bonds is 9. The minimum Gasteiger partial charge on any atom is -0.336 e. The molecule has 36 heavy (non-hydrogen) atoms. The number of carbonyl (C=O) groups is 2. The van der Waals surface area contributed by atoms with E-state index in [0.717, 1.165) is 16.7 Å². The van der Waals surface area contributed by atoms with Crippen molar-refractivity contribution in [3.8, 4) is 0 Å². The highest BCUT2D eigenvalue weighted by Crippen LogP contribution is 2.20. The van der Waals surface area contributed by atoms with E-state index in [4.69, 9.17) is 0 Å². The van der Waals surface area contributed by atoms with Crippen LogP contribution in [-0.2, 0) is 17.8 Å². The maximum absolute atomic E-state index is 14.1. The molecular formula is C30H27FN2O3. The number of hydrogen-bond donors (Lipinski definition) is 0. The first-order valence-corrected chi connectivity index (χ1v) is 11.8. The molecular weight excluding hydrogens is 455 g/mol. The Hall–Kier alpha value is -4.32. The van der Waals surface area contributed by atoms with Crippen molar-refractivity contribution >= 4 is 11.7 Å². The zero-order chi connectivity index (χ0) is 25.5. The van der Waals surface area contributed by atoms with Crippen molar-refractivity contribution in [3.05, 3.63) is 142 Å². The third-order valence-corrected chi connectivity index (χ3v) is 6.02. The third kappa shape index (κ3) is 6.02.